The van der Waals surface area contributed by atoms with Gasteiger partial charge in [-0.3, -0.25) is 4.90 Å². The van der Waals surface area contributed by atoms with Gasteiger partial charge in [0, 0.05) is 41.2 Å². The number of rotatable bonds is 9. The van der Waals surface area contributed by atoms with E-state index in [0.29, 0.717) is 23.7 Å². The standard InChI is InChI=1S/C34H34N2O4/c1-4-32(38-6-3)36(5-2)22-23-16-18-28-31(20-23)39-30-19-17-25(35-24-12-8-7-9-13-24)21-29(30)34(28)27-15-11-10-14-26(27)33(37)40-34/h7-21,32,35H,4-6,22H2,1-3H3. The lowest BCUT2D eigenvalue weighted by molar-refractivity contribution is -0.0586. The monoisotopic (exact) mass is 534 g/mol. The number of fused-ring (bicyclic) bond motifs is 6. The maximum Gasteiger partial charge on any atom is 0.340 e. The van der Waals surface area contributed by atoms with E-state index in [1.165, 1.54) is 0 Å². The number of nitrogens with one attached hydrogen (secondary N) is 1. The van der Waals surface area contributed by atoms with Gasteiger partial charge in [0.15, 0.2) is 5.60 Å². The van der Waals surface area contributed by atoms with E-state index in [4.69, 9.17) is 14.2 Å². The van der Waals surface area contributed by atoms with E-state index >= 15 is 0 Å². The summed E-state index contributed by atoms with van der Waals surface area (Å²) in [6.45, 7) is 8.59. The molecule has 6 nitrogen and oxygen atoms in total. The lowest BCUT2D eigenvalue weighted by Gasteiger charge is -2.37. The van der Waals surface area contributed by atoms with Crippen LogP contribution in [0.3, 0.4) is 0 Å². The van der Waals surface area contributed by atoms with Crippen molar-refractivity contribution in [3.63, 3.8) is 0 Å². The predicted octanol–water partition coefficient (Wildman–Crippen LogP) is 7.59. The molecule has 2 aliphatic rings. The molecular weight excluding hydrogens is 500 g/mol. The first kappa shape index (κ1) is 26.1. The summed E-state index contributed by atoms with van der Waals surface area (Å²) in [5.41, 5.74) is 4.87. The van der Waals surface area contributed by atoms with Gasteiger partial charge in [-0.1, -0.05) is 62.4 Å². The molecule has 204 valence electrons. The SMILES string of the molecule is CCOC(CC)N(CC)Cc1ccc2c(c1)Oc1ccc(Nc3ccccc3)cc1C21OC(=O)c2ccccc21. The summed E-state index contributed by atoms with van der Waals surface area (Å²) in [6.07, 6.45) is 0.961. The van der Waals surface area contributed by atoms with Gasteiger partial charge in [-0.05, 0) is 67.9 Å². The van der Waals surface area contributed by atoms with Crippen LogP contribution < -0.4 is 10.1 Å². The van der Waals surface area contributed by atoms with Gasteiger partial charge < -0.3 is 19.5 Å². The lowest BCUT2D eigenvalue weighted by Crippen LogP contribution is -2.36. The summed E-state index contributed by atoms with van der Waals surface area (Å²) in [5, 5.41) is 3.47. The highest BCUT2D eigenvalue weighted by Crippen LogP contribution is 2.56. The molecule has 0 aliphatic carbocycles. The predicted molar refractivity (Wildman–Crippen MR) is 156 cm³/mol. The molecule has 2 aliphatic heterocycles. The summed E-state index contributed by atoms with van der Waals surface area (Å²) in [5.74, 6) is 1.03. The molecule has 1 spiro atoms. The number of benzene rings is 4. The van der Waals surface area contributed by atoms with Gasteiger partial charge in [-0.15, -0.1) is 0 Å². The van der Waals surface area contributed by atoms with Crippen LogP contribution in [0.25, 0.3) is 0 Å². The van der Waals surface area contributed by atoms with Crippen molar-refractivity contribution in [2.45, 2.75) is 45.6 Å². The van der Waals surface area contributed by atoms with E-state index in [1.807, 2.05) is 79.7 Å². The Labute approximate surface area is 235 Å². The molecule has 0 saturated heterocycles. The van der Waals surface area contributed by atoms with E-state index < -0.39 is 5.60 Å². The molecule has 2 heterocycles. The van der Waals surface area contributed by atoms with Gasteiger partial charge >= 0.3 is 5.97 Å². The highest BCUT2D eigenvalue weighted by molar-refractivity contribution is 5.97. The molecule has 1 N–H and O–H groups in total. The zero-order valence-electron chi connectivity index (χ0n) is 23.1. The molecule has 0 saturated carbocycles. The van der Waals surface area contributed by atoms with Crippen molar-refractivity contribution < 1.29 is 19.0 Å². The smallest absolute Gasteiger partial charge is 0.340 e. The van der Waals surface area contributed by atoms with E-state index in [1.54, 1.807) is 0 Å². The highest BCUT2D eigenvalue weighted by Gasteiger charge is 2.53. The minimum atomic E-state index is -1.11. The number of carbonyl (C=O) groups excluding carboxylic acids is 1. The molecule has 6 heteroatoms. The van der Waals surface area contributed by atoms with Crippen LogP contribution in [0.2, 0.25) is 0 Å². The third kappa shape index (κ3) is 4.43. The second-order valence-electron chi connectivity index (χ2n) is 10.1. The first-order valence-corrected chi connectivity index (χ1v) is 14.0. The third-order valence-electron chi connectivity index (χ3n) is 7.75. The van der Waals surface area contributed by atoms with Gasteiger partial charge in [-0.2, -0.15) is 0 Å². The summed E-state index contributed by atoms with van der Waals surface area (Å²) in [7, 11) is 0. The molecule has 2 unspecified atom stereocenters. The van der Waals surface area contributed by atoms with Crippen LogP contribution in [0.15, 0.2) is 91.0 Å². The molecule has 0 radical (unpaired) electrons. The Kier molecular flexibility index (Phi) is 7.05. The Morgan fingerprint density at radius 2 is 1.62 bits per heavy atom. The topological polar surface area (TPSA) is 60.0 Å². The molecular formula is C34H34N2O4. The van der Waals surface area contributed by atoms with Crippen LogP contribution >= 0.6 is 0 Å². The number of hydrogen-bond acceptors (Lipinski definition) is 6. The molecule has 0 aromatic heterocycles. The first-order valence-electron chi connectivity index (χ1n) is 14.0. The van der Waals surface area contributed by atoms with Crippen molar-refractivity contribution in [3.05, 3.63) is 119 Å². The molecule has 6 rings (SSSR count). The minimum Gasteiger partial charge on any atom is -0.456 e. The second kappa shape index (κ2) is 10.8. The quantitative estimate of drug-likeness (QED) is 0.176. The molecule has 0 amide bonds. The van der Waals surface area contributed by atoms with Crippen LogP contribution in [0.5, 0.6) is 11.5 Å². The first-order chi connectivity index (χ1) is 19.6. The van der Waals surface area contributed by atoms with Crippen molar-refractivity contribution in [2.24, 2.45) is 0 Å². The number of para-hydroxylation sites is 1. The number of nitrogens with zero attached hydrogens (tertiary/aromatic N) is 1. The molecule has 0 bridgehead atoms. The van der Waals surface area contributed by atoms with Gasteiger partial charge in [-0.25, -0.2) is 4.79 Å². The van der Waals surface area contributed by atoms with Crippen LogP contribution in [0.4, 0.5) is 11.4 Å². The molecule has 2 atom stereocenters. The lowest BCUT2D eigenvalue weighted by atomic mass is 9.77. The summed E-state index contributed by atoms with van der Waals surface area (Å²) < 4.78 is 18.9. The number of ether oxygens (including phenoxy) is 3. The minimum absolute atomic E-state index is 0.0530. The van der Waals surface area contributed by atoms with Gasteiger partial charge in [0.25, 0.3) is 0 Å². The Balaban J connectivity index is 1.45. The Morgan fingerprint density at radius 1 is 0.825 bits per heavy atom. The van der Waals surface area contributed by atoms with Crippen LogP contribution in [0, 0.1) is 0 Å². The number of esters is 1. The maximum atomic E-state index is 13.3. The van der Waals surface area contributed by atoms with Gasteiger partial charge in [0.05, 0.1) is 5.56 Å². The third-order valence-corrected chi connectivity index (χ3v) is 7.75. The van der Waals surface area contributed by atoms with Crippen LogP contribution in [-0.4, -0.2) is 30.2 Å². The fourth-order valence-electron chi connectivity index (χ4n) is 5.91. The van der Waals surface area contributed by atoms with Crippen LogP contribution in [-0.2, 0) is 21.6 Å². The molecule has 4 aromatic carbocycles. The average molecular weight is 535 g/mol. The largest absolute Gasteiger partial charge is 0.456 e. The molecule has 40 heavy (non-hydrogen) atoms. The van der Waals surface area contributed by atoms with Crippen molar-refractivity contribution in [2.75, 3.05) is 18.5 Å². The second-order valence-corrected chi connectivity index (χ2v) is 10.1. The maximum absolute atomic E-state index is 13.3. The summed E-state index contributed by atoms with van der Waals surface area (Å²) in [6, 6.07) is 29.8. The zero-order chi connectivity index (χ0) is 27.7. The number of anilines is 2. The molecule has 0 fully saturated rings. The van der Waals surface area contributed by atoms with Gasteiger partial charge in [0.1, 0.15) is 17.7 Å². The number of hydrogen-bond donors (Lipinski definition) is 1. The highest BCUT2D eigenvalue weighted by atomic mass is 16.6. The average Bonchev–Trinajstić information content (AvgIpc) is 3.28. The fraction of sp³-hybridized carbons (Fsp3) is 0.265. The van der Waals surface area contributed by atoms with Crippen molar-refractivity contribution in [3.8, 4) is 11.5 Å². The van der Waals surface area contributed by atoms with E-state index in [0.717, 1.165) is 53.1 Å². The summed E-state index contributed by atoms with van der Waals surface area (Å²) >= 11 is 0. The summed E-state index contributed by atoms with van der Waals surface area (Å²) in [4.78, 5) is 15.6. The number of carbonyl (C=O) groups is 1. The zero-order valence-corrected chi connectivity index (χ0v) is 23.1. The Morgan fingerprint density at radius 3 is 2.40 bits per heavy atom. The van der Waals surface area contributed by atoms with Gasteiger partial charge in [0.2, 0.25) is 0 Å². The van der Waals surface area contributed by atoms with E-state index in [-0.39, 0.29) is 12.2 Å². The normalized spacial score (nSPS) is 17.6. The van der Waals surface area contributed by atoms with Crippen LogP contribution in [0.1, 0.15) is 59.8 Å². The fourth-order valence-corrected chi connectivity index (χ4v) is 5.91. The molecule has 4 aromatic rings. The van der Waals surface area contributed by atoms with Crippen molar-refractivity contribution in [1.82, 2.24) is 4.90 Å². The Hall–Kier alpha value is -4.13. The van der Waals surface area contributed by atoms with Crippen molar-refractivity contribution >= 4 is 17.3 Å². The van der Waals surface area contributed by atoms with E-state index in [9.17, 15) is 4.79 Å². The van der Waals surface area contributed by atoms with Crippen molar-refractivity contribution in [1.29, 1.82) is 0 Å². The van der Waals surface area contributed by atoms with E-state index in [2.05, 4.69) is 42.3 Å². The Bertz CT molecular complexity index is 1540.